The van der Waals surface area contributed by atoms with Gasteiger partial charge in [0.1, 0.15) is 5.82 Å². The first-order chi connectivity index (χ1) is 8.34. The van der Waals surface area contributed by atoms with Crippen molar-refractivity contribution >= 4 is 5.57 Å². The highest BCUT2D eigenvalue weighted by atomic mass is 19.1. The van der Waals surface area contributed by atoms with Gasteiger partial charge in [0.25, 0.3) is 0 Å². The molecule has 3 heteroatoms. The Morgan fingerprint density at radius 1 is 1.29 bits per heavy atom. The molecule has 1 saturated heterocycles. The van der Waals surface area contributed by atoms with Crippen LogP contribution in [0.15, 0.2) is 24.5 Å². The van der Waals surface area contributed by atoms with E-state index in [1.165, 1.54) is 24.6 Å². The highest BCUT2D eigenvalue weighted by molar-refractivity contribution is 5.68. The summed E-state index contributed by atoms with van der Waals surface area (Å²) in [5, 5.41) is 3.44. The van der Waals surface area contributed by atoms with Crippen LogP contribution in [0, 0.1) is 17.7 Å². The standard InChI is InChI=1S/C14H17FN2/c15-12-6-11(7-17-8-12)13-3-1-2-10-4-5-16-9-14(10)13/h3,6-8,10,14,16H,1-2,4-5,9H2/t10-,14+/m0/s1. The van der Waals surface area contributed by atoms with E-state index in [0.29, 0.717) is 5.92 Å². The number of hydrogen-bond donors (Lipinski definition) is 1. The van der Waals surface area contributed by atoms with Gasteiger partial charge in [-0.15, -0.1) is 0 Å². The number of halogens is 1. The smallest absolute Gasteiger partial charge is 0.142 e. The van der Waals surface area contributed by atoms with E-state index in [1.54, 1.807) is 12.3 Å². The molecule has 0 aromatic carbocycles. The molecule has 0 saturated carbocycles. The average Bonchev–Trinajstić information content (AvgIpc) is 2.38. The average molecular weight is 232 g/mol. The Morgan fingerprint density at radius 3 is 3.12 bits per heavy atom. The van der Waals surface area contributed by atoms with Crippen molar-refractivity contribution in [3.05, 3.63) is 35.9 Å². The zero-order valence-corrected chi connectivity index (χ0v) is 9.82. The van der Waals surface area contributed by atoms with E-state index in [2.05, 4.69) is 16.4 Å². The number of hydrogen-bond acceptors (Lipinski definition) is 2. The molecular weight excluding hydrogens is 215 g/mol. The molecule has 0 amide bonds. The predicted octanol–water partition coefficient (Wildman–Crippen LogP) is 2.62. The fourth-order valence-electron chi connectivity index (χ4n) is 3.13. The molecule has 1 aromatic heterocycles. The number of allylic oxidation sites excluding steroid dienone is 1. The minimum atomic E-state index is -0.241. The minimum Gasteiger partial charge on any atom is -0.316 e. The van der Waals surface area contributed by atoms with E-state index < -0.39 is 0 Å². The lowest BCUT2D eigenvalue weighted by molar-refractivity contribution is 0.285. The molecule has 3 rings (SSSR count). The van der Waals surface area contributed by atoms with Gasteiger partial charge in [0, 0.05) is 12.7 Å². The summed E-state index contributed by atoms with van der Waals surface area (Å²) in [6.07, 6.45) is 8.95. The highest BCUT2D eigenvalue weighted by Crippen LogP contribution is 2.39. The SMILES string of the molecule is Fc1cncc(C2=CCC[C@H]3CCNC[C@@H]23)c1. The zero-order chi connectivity index (χ0) is 11.7. The molecule has 1 aliphatic carbocycles. The van der Waals surface area contributed by atoms with Gasteiger partial charge in [-0.05, 0) is 54.8 Å². The number of nitrogens with zero attached hydrogens (tertiary/aromatic N) is 1. The maximum absolute atomic E-state index is 13.2. The van der Waals surface area contributed by atoms with Crippen LogP contribution in [0.25, 0.3) is 5.57 Å². The minimum absolute atomic E-state index is 0.241. The summed E-state index contributed by atoms with van der Waals surface area (Å²) in [5.74, 6) is 1.06. The second kappa shape index (κ2) is 4.57. The van der Waals surface area contributed by atoms with Crippen LogP contribution in [-0.4, -0.2) is 18.1 Å². The third-order valence-electron chi connectivity index (χ3n) is 3.96. The van der Waals surface area contributed by atoms with Crippen LogP contribution in [0.5, 0.6) is 0 Å². The van der Waals surface area contributed by atoms with Crippen LogP contribution in [0.4, 0.5) is 4.39 Å². The van der Waals surface area contributed by atoms with Gasteiger partial charge in [-0.25, -0.2) is 4.39 Å². The largest absolute Gasteiger partial charge is 0.316 e. The maximum Gasteiger partial charge on any atom is 0.142 e. The Kier molecular flexibility index (Phi) is 2.93. The van der Waals surface area contributed by atoms with Gasteiger partial charge in [0.05, 0.1) is 6.20 Å². The molecule has 2 aliphatic rings. The number of nitrogens with one attached hydrogen (secondary N) is 1. The normalized spacial score (nSPS) is 28.4. The highest BCUT2D eigenvalue weighted by Gasteiger charge is 2.30. The fourth-order valence-corrected chi connectivity index (χ4v) is 3.13. The molecule has 90 valence electrons. The van der Waals surface area contributed by atoms with Gasteiger partial charge in [0.15, 0.2) is 0 Å². The molecule has 2 heterocycles. The lowest BCUT2D eigenvalue weighted by atomic mass is 9.73. The molecule has 1 N–H and O–H groups in total. The van der Waals surface area contributed by atoms with Gasteiger partial charge in [0.2, 0.25) is 0 Å². The number of rotatable bonds is 1. The summed E-state index contributed by atoms with van der Waals surface area (Å²) in [5.41, 5.74) is 2.25. The Morgan fingerprint density at radius 2 is 2.24 bits per heavy atom. The lowest BCUT2D eigenvalue weighted by Crippen LogP contribution is -2.38. The number of piperidine rings is 1. The van der Waals surface area contributed by atoms with Crippen molar-refractivity contribution in [1.29, 1.82) is 0 Å². The third kappa shape index (κ3) is 2.12. The Hall–Kier alpha value is -1.22. The van der Waals surface area contributed by atoms with Gasteiger partial charge < -0.3 is 5.32 Å². The van der Waals surface area contributed by atoms with Crippen LogP contribution < -0.4 is 5.32 Å². The van der Waals surface area contributed by atoms with Crippen LogP contribution >= 0.6 is 0 Å². The molecule has 2 atom stereocenters. The van der Waals surface area contributed by atoms with Crippen molar-refractivity contribution in [1.82, 2.24) is 10.3 Å². The van der Waals surface area contributed by atoms with Gasteiger partial charge >= 0.3 is 0 Å². The summed E-state index contributed by atoms with van der Waals surface area (Å²) in [6, 6.07) is 1.61. The van der Waals surface area contributed by atoms with Crippen molar-refractivity contribution in [2.24, 2.45) is 11.8 Å². The first kappa shape index (κ1) is 10.9. The van der Waals surface area contributed by atoms with Crippen LogP contribution in [0.2, 0.25) is 0 Å². The Labute approximate surface area is 101 Å². The first-order valence-corrected chi connectivity index (χ1v) is 6.36. The quantitative estimate of drug-likeness (QED) is 0.805. The molecule has 0 radical (unpaired) electrons. The van der Waals surface area contributed by atoms with Gasteiger partial charge in [-0.2, -0.15) is 0 Å². The van der Waals surface area contributed by atoms with Crippen molar-refractivity contribution < 1.29 is 4.39 Å². The summed E-state index contributed by atoms with van der Waals surface area (Å²) in [6.45, 7) is 2.14. The summed E-state index contributed by atoms with van der Waals surface area (Å²) >= 11 is 0. The number of pyridine rings is 1. The van der Waals surface area contributed by atoms with E-state index in [0.717, 1.165) is 31.0 Å². The second-order valence-corrected chi connectivity index (χ2v) is 4.99. The van der Waals surface area contributed by atoms with E-state index >= 15 is 0 Å². The lowest BCUT2D eigenvalue weighted by Gasteiger charge is -2.37. The number of aromatic nitrogens is 1. The van der Waals surface area contributed by atoms with Crippen LogP contribution in [0.3, 0.4) is 0 Å². The molecule has 0 spiro atoms. The third-order valence-corrected chi connectivity index (χ3v) is 3.96. The monoisotopic (exact) mass is 232 g/mol. The molecule has 0 unspecified atom stereocenters. The zero-order valence-electron chi connectivity index (χ0n) is 9.82. The second-order valence-electron chi connectivity index (χ2n) is 4.99. The van der Waals surface area contributed by atoms with Crippen LogP contribution in [0.1, 0.15) is 24.8 Å². The summed E-state index contributed by atoms with van der Waals surface area (Å²) in [4.78, 5) is 3.96. The molecule has 2 nitrogen and oxygen atoms in total. The van der Waals surface area contributed by atoms with Gasteiger partial charge in [-0.1, -0.05) is 6.08 Å². The fraction of sp³-hybridized carbons (Fsp3) is 0.500. The van der Waals surface area contributed by atoms with Crippen LogP contribution in [-0.2, 0) is 0 Å². The predicted molar refractivity (Wildman–Crippen MR) is 65.9 cm³/mol. The molecule has 1 aliphatic heterocycles. The van der Waals surface area contributed by atoms with E-state index in [9.17, 15) is 4.39 Å². The molecule has 1 aromatic rings. The first-order valence-electron chi connectivity index (χ1n) is 6.36. The van der Waals surface area contributed by atoms with E-state index in [4.69, 9.17) is 0 Å². The maximum atomic E-state index is 13.2. The Bertz CT molecular complexity index is 442. The summed E-state index contributed by atoms with van der Waals surface area (Å²) < 4.78 is 13.2. The van der Waals surface area contributed by atoms with Crippen molar-refractivity contribution in [2.45, 2.75) is 19.3 Å². The molecule has 17 heavy (non-hydrogen) atoms. The molecule has 1 fully saturated rings. The van der Waals surface area contributed by atoms with Gasteiger partial charge in [-0.3, -0.25) is 4.98 Å². The molecular formula is C14H17FN2. The van der Waals surface area contributed by atoms with E-state index in [1.807, 2.05) is 0 Å². The summed E-state index contributed by atoms with van der Waals surface area (Å²) in [7, 11) is 0. The van der Waals surface area contributed by atoms with Crippen molar-refractivity contribution in [2.75, 3.05) is 13.1 Å². The van der Waals surface area contributed by atoms with E-state index in [-0.39, 0.29) is 5.82 Å². The molecule has 0 bridgehead atoms. The number of fused-ring (bicyclic) bond motifs is 1. The Balaban J connectivity index is 1.93. The van der Waals surface area contributed by atoms with Crippen molar-refractivity contribution in [3.8, 4) is 0 Å². The van der Waals surface area contributed by atoms with Crippen molar-refractivity contribution in [3.63, 3.8) is 0 Å². The topological polar surface area (TPSA) is 24.9 Å².